The molecule has 5 nitrogen and oxygen atoms in total. The molecule has 0 aromatic rings. The number of hydrogen-bond acceptors (Lipinski definition) is 3. The number of piperazine rings is 1. The fourth-order valence-corrected chi connectivity index (χ4v) is 1.52. The van der Waals surface area contributed by atoms with Gasteiger partial charge in [-0.1, -0.05) is 13.8 Å². The van der Waals surface area contributed by atoms with E-state index in [1.165, 1.54) is 0 Å². The molecule has 1 fully saturated rings. The van der Waals surface area contributed by atoms with E-state index >= 15 is 0 Å². The first kappa shape index (κ1) is 12.0. The van der Waals surface area contributed by atoms with Crippen molar-refractivity contribution in [2.24, 2.45) is 11.1 Å². The van der Waals surface area contributed by atoms with Gasteiger partial charge in [0.2, 0.25) is 11.8 Å². The summed E-state index contributed by atoms with van der Waals surface area (Å²) < 4.78 is 0. The van der Waals surface area contributed by atoms with Crippen LogP contribution in [-0.2, 0) is 9.59 Å². The molecule has 0 aliphatic carbocycles. The molecule has 0 saturated carbocycles. The maximum Gasteiger partial charge on any atom is 0.242 e. The third-order valence-electron chi connectivity index (χ3n) is 2.73. The Morgan fingerprint density at radius 1 is 1.53 bits per heavy atom. The van der Waals surface area contributed by atoms with Crippen LogP contribution in [0.3, 0.4) is 0 Å². The quantitative estimate of drug-likeness (QED) is 0.652. The first-order valence-electron chi connectivity index (χ1n) is 5.14. The highest BCUT2D eigenvalue weighted by Gasteiger charge is 2.34. The number of nitrogens with zero attached hydrogens (tertiary/aromatic N) is 1. The van der Waals surface area contributed by atoms with Crippen LogP contribution in [0.4, 0.5) is 0 Å². The first-order chi connectivity index (χ1) is 6.87. The summed E-state index contributed by atoms with van der Waals surface area (Å²) in [4.78, 5) is 24.6. The third kappa shape index (κ3) is 2.68. The second-order valence-corrected chi connectivity index (χ2v) is 4.78. The zero-order chi connectivity index (χ0) is 11.6. The second kappa shape index (κ2) is 4.18. The topological polar surface area (TPSA) is 75.4 Å². The maximum atomic E-state index is 11.6. The minimum Gasteiger partial charge on any atom is -0.345 e. The lowest BCUT2D eigenvalue weighted by Gasteiger charge is -2.38. The Balaban J connectivity index is 2.73. The number of hydrogen-bond donors (Lipinski definition) is 2. The number of carbonyl (C=O) groups is 2. The molecule has 1 atom stereocenters. The lowest BCUT2D eigenvalue weighted by molar-refractivity contribution is -0.146. The summed E-state index contributed by atoms with van der Waals surface area (Å²) in [6.45, 7) is 6.82. The molecule has 1 aliphatic heterocycles. The molecule has 1 saturated heterocycles. The van der Waals surface area contributed by atoms with Gasteiger partial charge in [0.25, 0.3) is 0 Å². The highest BCUT2D eigenvalue weighted by atomic mass is 16.2. The number of rotatable bonds is 3. The molecule has 1 heterocycles. The van der Waals surface area contributed by atoms with Crippen molar-refractivity contribution in [2.75, 3.05) is 19.6 Å². The van der Waals surface area contributed by atoms with E-state index in [2.05, 4.69) is 5.32 Å². The minimum absolute atomic E-state index is 0.0383. The Labute approximate surface area is 90.0 Å². The summed E-state index contributed by atoms with van der Waals surface area (Å²) in [6, 6.07) is -0.392. The molecule has 15 heavy (non-hydrogen) atoms. The SMILES string of the molecule is CC1C(=O)NCC(=O)N1CC(C)(C)CN. The molecule has 86 valence electrons. The van der Waals surface area contributed by atoms with E-state index in [0.717, 1.165) is 0 Å². The summed E-state index contributed by atoms with van der Waals surface area (Å²) >= 11 is 0. The standard InChI is InChI=1S/C10H19N3O2/c1-7-9(15)12-4-8(14)13(7)6-10(2,3)5-11/h7H,4-6,11H2,1-3H3,(H,12,15). The highest BCUT2D eigenvalue weighted by Crippen LogP contribution is 2.18. The molecule has 1 aliphatic rings. The van der Waals surface area contributed by atoms with Gasteiger partial charge in [0.05, 0.1) is 6.54 Å². The predicted molar refractivity (Wildman–Crippen MR) is 57.0 cm³/mol. The van der Waals surface area contributed by atoms with E-state index in [9.17, 15) is 9.59 Å². The van der Waals surface area contributed by atoms with Crippen molar-refractivity contribution in [3.8, 4) is 0 Å². The molecule has 0 radical (unpaired) electrons. The van der Waals surface area contributed by atoms with Gasteiger partial charge in [0.1, 0.15) is 6.04 Å². The van der Waals surface area contributed by atoms with Gasteiger partial charge in [-0.3, -0.25) is 9.59 Å². The van der Waals surface area contributed by atoms with Crippen LogP contribution < -0.4 is 11.1 Å². The van der Waals surface area contributed by atoms with Crippen molar-refractivity contribution in [1.82, 2.24) is 10.2 Å². The van der Waals surface area contributed by atoms with Gasteiger partial charge in [-0.2, -0.15) is 0 Å². The Bertz CT molecular complexity index is 276. The third-order valence-corrected chi connectivity index (χ3v) is 2.73. The van der Waals surface area contributed by atoms with Crippen LogP contribution in [0.25, 0.3) is 0 Å². The van der Waals surface area contributed by atoms with Crippen LogP contribution in [0.5, 0.6) is 0 Å². The summed E-state index contributed by atoms with van der Waals surface area (Å²) in [5.41, 5.74) is 5.46. The minimum atomic E-state index is -0.392. The molecule has 1 unspecified atom stereocenters. The first-order valence-corrected chi connectivity index (χ1v) is 5.14. The Kier molecular flexibility index (Phi) is 3.34. The summed E-state index contributed by atoms with van der Waals surface area (Å²) in [5.74, 6) is -0.133. The van der Waals surface area contributed by atoms with Crippen molar-refractivity contribution in [3.05, 3.63) is 0 Å². The molecule has 5 heteroatoms. The highest BCUT2D eigenvalue weighted by molar-refractivity contribution is 5.94. The van der Waals surface area contributed by atoms with Crippen LogP contribution in [0.2, 0.25) is 0 Å². The van der Waals surface area contributed by atoms with E-state index in [0.29, 0.717) is 13.1 Å². The Hall–Kier alpha value is -1.10. The molecule has 0 bridgehead atoms. The fourth-order valence-electron chi connectivity index (χ4n) is 1.52. The van der Waals surface area contributed by atoms with Crippen molar-refractivity contribution in [2.45, 2.75) is 26.8 Å². The van der Waals surface area contributed by atoms with Crippen LogP contribution in [-0.4, -0.2) is 42.4 Å². The van der Waals surface area contributed by atoms with Crippen molar-refractivity contribution < 1.29 is 9.59 Å². The number of carbonyl (C=O) groups excluding carboxylic acids is 2. The number of amides is 2. The van der Waals surface area contributed by atoms with Gasteiger partial charge < -0.3 is 16.0 Å². The van der Waals surface area contributed by atoms with Gasteiger partial charge in [-0.05, 0) is 18.9 Å². The van der Waals surface area contributed by atoms with Crippen molar-refractivity contribution in [3.63, 3.8) is 0 Å². The summed E-state index contributed by atoms with van der Waals surface area (Å²) in [5, 5.41) is 2.55. The zero-order valence-electron chi connectivity index (χ0n) is 9.54. The predicted octanol–water partition coefficient (Wildman–Crippen LogP) is -0.682. The summed E-state index contributed by atoms with van der Waals surface area (Å²) in [6.07, 6.45) is 0. The molecule has 0 spiro atoms. The van der Waals surface area contributed by atoms with Gasteiger partial charge in [-0.15, -0.1) is 0 Å². The Morgan fingerprint density at radius 3 is 2.67 bits per heavy atom. The lowest BCUT2D eigenvalue weighted by Crippen LogP contribution is -2.59. The average molecular weight is 213 g/mol. The van der Waals surface area contributed by atoms with Gasteiger partial charge >= 0.3 is 0 Å². The van der Waals surface area contributed by atoms with E-state index in [1.807, 2.05) is 13.8 Å². The van der Waals surface area contributed by atoms with Crippen molar-refractivity contribution >= 4 is 11.8 Å². The van der Waals surface area contributed by atoms with Gasteiger partial charge in [0.15, 0.2) is 0 Å². The molecular weight excluding hydrogens is 194 g/mol. The summed E-state index contributed by atoms with van der Waals surface area (Å²) in [7, 11) is 0. The van der Waals surface area contributed by atoms with Gasteiger partial charge in [0, 0.05) is 6.54 Å². The van der Waals surface area contributed by atoms with Crippen LogP contribution in [0.15, 0.2) is 0 Å². The molecule has 1 rings (SSSR count). The van der Waals surface area contributed by atoms with Gasteiger partial charge in [-0.25, -0.2) is 0 Å². The molecule has 3 N–H and O–H groups in total. The molecule has 2 amide bonds. The van der Waals surface area contributed by atoms with E-state index in [1.54, 1.807) is 11.8 Å². The zero-order valence-corrected chi connectivity index (χ0v) is 9.54. The maximum absolute atomic E-state index is 11.6. The lowest BCUT2D eigenvalue weighted by atomic mass is 9.92. The van der Waals surface area contributed by atoms with E-state index in [-0.39, 0.29) is 23.8 Å². The average Bonchev–Trinajstić information content (AvgIpc) is 2.19. The van der Waals surface area contributed by atoms with Crippen LogP contribution in [0.1, 0.15) is 20.8 Å². The molecular formula is C10H19N3O2. The monoisotopic (exact) mass is 213 g/mol. The number of nitrogens with two attached hydrogens (primary N) is 1. The van der Waals surface area contributed by atoms with E-state index in [4.69, 9.17) is 5.73 Å². The van der Waals surface area contributed by atoms with Crippen LogP contribution >= 0.6 is 0 Å². The fraction of sp³-hybridized carbons (Fsp3) is 0.800. The smallest absolute Gasteiger partial charge is 0.242 e. The number of nitrogens with one attached hydrogen (secondary N) is 1. The van der Waals surface area contributed by atoms with Crippen LogP contribution in [0, 0.1) is 5.41 Å². The van der Waals surface area contributed by atoms with Crippen molar-refractivity contribution in [1.29, 1.82) is 0 Å². The Morgan fingerprint density at radius 2 is 2.13 bits per heavy atom. The normalized spacial score (nSPS) is 22.9. The molecule has 0 aromatic heterocycles. The largest absolute Gasteiger partial charge is 0.345 e. The molecule has 0 aromatic carbocycles. The second-order valence-electron chi connectivity index (χ2n) is 4.78. The van der Waals surface area contributed by atoms with E-state index < -0.39 is 6.04 Å².